The van der Waals surface area contributed by atoms with Gasteiger partial charge in [0.25, 0.3) is 0 Å². The van der Waals surface area contributed by atoms with E-state index in [1.807, 2.05) is 53.5 Å². The van der Waals surface area contributed by atoms with Crippen LogP contribution in [0.5, 0.6) is 0 Å². The molecule has 0 fully saturated rings. The van der Waals surface area contributed by atoms with Crippen LogP contribution >= 0.6 is 0 Å². The number of aromatic nitrogens is 6. The first kappa shape index (κ1) is 22.5. The molecule has 0 saturated carbocycles. The molecule has 0 bridgehead atoms. The summed E-state index contributed by atoms with van der Waals surface area (Å²) in [7, 11) is 0. The van der Waals surface area contributed by atoms with Gasteiger partial charge in [-0.1, -0.05) is 49.4 Å². The van der Waals surface area contributed by atoms with Crippen molar-refractivity contribution < 1.29 is 4.39 Å². The Morgan fingerprint density at radius 2 is 1.74 bits per heavy atom. The van der Waals surface area contributed by atoms with Gasteiger partial charge in [-0.3, -0.25) is 14.6 Å². The van der Waals surface area contributed by atoms with Gasteiger partial charge in [-0.2, -0.15) is 5.10 Å². The third-order valence-corrected chi connectivity index (χ3v) is 5.85. The fourth-order valence-electron chi connectivity index (χ4n) is 4.02. The van der Waals surface area contributed by atoms with Gasteiger partial charge in [0, 0.05) is 43.2 Å². The maximum Gasteiger partial charge on any atom is 0.129 e. The smallest absolute Gasteiger partial charge is 0.129 e. The van der Waals surface area contributed by atoms with Crippen LogP contribution in [0.3, 0.4) is 0 Å². The Morgan fingerprint density at radius 3 is 2.51 bits per heavy atom. The first-order valence-electron chi connectivity index (χ1n) is 11.6. The molecule has 0 N–H and O–H groups in total. The number of halogens is 1. The van der Waals surface area contributed by atoms with Crippen LogP contribution < -0.4 is 0 Å². The van der Waals surface area contributed by atoms with Crippen molar-refractivity contribution >= 4 is 0 Å². The van der Waals surface area contributed by atoms with Gasteiger partial charge in [0.2, 0.25) is 0 Å². The van der Waals surface area contributed by atoms with Crippen molar-refractivity contribution in [2.45, 2.75) is 32.2 Å². The minimum absolute atomic E-state index is 0.135. The van der Waals surface area contributed by atoms with Crippen LogP contribution in [0.4, 0.5) is 4.39 Å². The Balaban J connectivity index is 1.44. The van der Waals surface area contributed by atoms with Crippen LogP contribution in [0.1, 0.15) is 41.2 Å². The van der Waals surface area contributed by atoms with Crippen LogP contribution in [-0.4, -0.2) is 29.7 Å². The van der Waals surface area contributed by atoms with Crippen LogP contribution in [0.25, 0.3) is 11.3 Å². The molecule has 0 amide bonds. The van der Waals surface area contributed by atoms with Gasteiger partial charge in [0.1, 0.15) is 11.6 Å². The Kier molecular flexibility index (Phi) is 6.66. The summed E-state index contributed by atoms with van der Waals surface area (Å²) < 4.78 is 15.3. The van der Waals surface area contributed by atoms with E-state index in [0.717, 1.165) is 34.0 Å². The molecule has 0 spiro atoms. The van der Waals surface area contributed by atoms with Crippen LogP contribution in [0, 0.1) is 5.82 Å². The van der Waals surface area contributed by atoms with E-state index < -0.39 is 0 Å². The predicted molar refractivity (Wildman–Crippen MR) is 132 cm³/mol. The molecule has 0 radical (unpaired) electrons. The molecule has 174 valence electrons. The van der Waals surface area contributed by atoms with Gasteiger partial charge in [-0.15, -0.1) is 0 Å². The van der Waals surface area contributed by atoms with Gasteiger partial charge < -0.3 is 0 Å². The van der Waals surface area contributed by atoms with Gasteiger partial charge in [0.15, 0.2) is 0 Å². The molecular weight excluding hydrogens is 439 g/mol. The SMILES string of the molecule is C[C@H](Cc1nc(Cc2cnccn2)cc(-c2cnn(Cc3ccccc3)c2)n1)c1ccc(F)cc1. The molecule has 3 aromatic heterocycles. The summed E-state index contributed by atoms with van der Waals surface area (Å²) in [4.78, 5) is 18.3. The molecule has 6 nitrogen and oxygen atoms in total. The molecule has 35 heavy (non-hydrogen) atoms. The Labute approximate surface area is 203 Å². The molecule has 2 aromatic carbocycles. The van der Waals surface area contributed by atoms with E-state index in [1.165, 1.54) is 17.7 Å². The van der Waals surface area contributed by atoms with Crippen molar-refractivity contribution in [2.75, 3.05) is 0 Å². The van der Waals surface area contributed by atoms with Gasteiger partial charge in [-0.05, 0) is 35.2 Å². The molecule has 3 heterocycles. The minimum atomic E-state index is -0.238. The summed E-state index contributed by atoms with van der Waals surface area (Å²) in [6.45, 7) is 2.79. The van der Waals surface area contributed by atoms with Crippen molar-refractivity contribution in [3.05, 3.63) is 126 Å². The second-order valence-electron chi connectivity index (χ2n) is 8.60. The minimum Gasteiger partial charge on any atom is -0.268 e. The highest BCUT2D eigenvalue weighted by Gasteiger charge is 2.14. The molecule has 1 atom stereocenters. The molecule has 0 unspecified atom stereocenters. The quantitative estimate of drug-likeness (QED) is 0.314. The highest BCUT2D eigenvalue weighted by Crippen LogP contribution is 2.23. The van der Waals surface area contributed by atoms with E-state index in [0.29, 0.717) is 19.4 Å². The summed E-state index contributed by atoms with van der Waals surface area (Å²) in [5, 5.41) is 4.55. The number of hydrogen-bond donors (Lipinski definition) is 0. The van der Waals surface area contributed by atoms with Crippen molar-refractivity contribution in [1.82, 2.24) is 29.7 Å². The molecule has 7 heteroatoms. The van der Waals surface area contributed by atoms with Gasteiger partial charge in [0.05, 0.1) is 29.8 Å². The number of benzene rings is 2. The van der Waals surface area contributed by atoms with Crippen LogP contribution in [0.15, 0.2) is 91.6 Å². The normalized spacial score (nSPS) is 11.9. The maximum atomic E-state index is 13.4. The van der Waals surface area contributed by atoms with Gasteiger partial charge >= 0.3 is 0 Å². The lowest BCUT2D eigenvalue weighted by Gasteiger charge is -2.13. The molecule has 5 aromatic rings. The van der Waals surface area contributed by atoms with E-state index in [9.17, 15) is 4.39 Å². The zero-order chi connectivity index (χ0) is 24.0. The average Bonchev–Trinajstić information content (AvgIpc) is 3.34. The highest BCUT2D eigenvalue weighted by molar-refractivity contribution is 5.57. The van der Waals surface area contributed by atoms with E-state index in [4.69, 9.17) is 9.97 Å². The van der Waals surface area contributed by atoms with Crippen molar-refractivity contribution in [3.63, 3.8) is 0 Å². The topological polar surface area (TPSA) is 69.4 Å². The lowest BCUT2D eigenvalue weighted by Crippen LogP contribution is -2.07. The molecule has 5 rings (SSSR count). The lowest BCUT2D eigenvalue weighted by atomic mass is 9.97. The largest absolute Gasteiger partial charge is 0.268 e. The molecule has 0 aliphatic carbocycles. The van der Waals surface area contributed by atoms with Gasteiger partial charge in [-0.25, -0.2) is 14.4 Å². The Bertz CT molecular complexity index is 1380. The maximum absolute atomic E-state index is 13.4. The number of rotatable bonds is 8. The number of hydrogen-bond acceptors (Lipinski definition) is 5. The second-order valence-corrected chi connectivity index (χ2v) is 8.60. The first-order chi connectivity index (χ1) is 17.1. The van der Waals surface area contributed by atoms with E-state index in [2.05, 4.69) is 34.1 Å². The first-order valence-corrected chi connectivity index (χ1v) is 11.6. The van der Waals surface area contributed by atoms with Crippen molar-refractivity contribution in [2.24, 2.45) is 0 Å². The third-order valence-electron chi connectivity index (χ3n) is 5.85. The molecule has 0 saturated heterocycles. The summed E-state index contributed by atoms with van der Waals surface area (Å²) in [5.74, 6) is 0.628. The second kappa shape index (κ2) is 10.3. The number of nitrogens with zero attached hydrogens (tertiary/aromatic N) is 6. The summed E-state index contributed by atoms with van der Waals surface area (Å²) in [6, 6.07) is 18.8. The monoisotopic (exact) mass is 464 g/mol. The van der Waals surface area contributed by atoms with Crippen molar-refractivity contribution in [3.8, 4) is 11.3 Å². The standard InChI is InChI=1S/C28H25FN6/c1-20(22-7-9-24(29)10-8-22)13-28-33-25(14-26-17-30-11-12-31-26)15-27(34-28)23-16-32-35(19-23)18-21-5-3-2-4-6-21/h2-12,15-17,19-20H,13-14,18H2,1H3/t20-/m1/s1. The average molecular weight is 465 g/mol. The zero-order valence-electron chi connectivity index (χ0n) is 19.4. The van der Waals surface area contributed by atoms with E-state index >= 15 is 0 Å². The van der Waals surface area contributed by atoms with Crippen molar-refractivity contribution in [1.29, 1.82) is 0 Å². The van der Waals surface area contributed by atoms with Crippen LogP contribution in [0.2, 0.25) is 0 Å². The molecule has 0 aliphatic heterocycles. The summed E-state index contributed by atoms with van der Waals surface area (Å²) >= 11 is 0. The lowest BCUT2D eigenvalue weighted by molar-refractivity contribution is 0.624. The van der Waals surface area contributed by atoms with E-state index in [1.54, 1.807) is 18.6 Å². The summed E-state index contributed by atoms with van der Waals surface area (Å²) in [5.41, 5.74) is 5.69. The highest BCUT2D eigenvalue weighted by atomic mass is 19.1. The van der Waals surface area contributed by atoms with Crippen LogP contribution in [-0.2, 0) is 19.4 Å². The Hall–Kier alpha value is -4.26. The third kappa shape index (κ3) is 5.81. The zero-order valence-corrected chi connectivity index (χ0v) is 19.4. The summed E-state index contributed by atoms with van der Waals surface area (Å²) in [6.07, 6.45) is 10.1. The fraction of sp³-hybridized carbons (Fsp3) is 0.179. The predicted octanol–water partition coefficient (Wildman–Crippen LogP) is 5.25. The Morgan fingerprint density at radius 1 is 0.914 bits per heavy atom. The molecular formula is C28H25FN6. The fourth-order valence-corrected chi connectivity index (χ4v) is 4.02. The molecule has 0 aliphatic rings. The van der Waals surface area contributed by atoms with E-state index in [-0.39, 0.29) is 11.7 Å².